The van der Waals surface area contributed by atoms with Crippen LogP contribution in [0.15, 0.2) is 110 Å². The van der Waals surface area contributed by atoms with Crippen molar-refractivity contribution in [3.05, 3.63) is 115 Å². The number of hydrogen-bond donors (Lipinski definition) is 0. The van der Waals surface area contributed by atoms with Crippen LogP contribution < -0.4 is 0 Å². The highest BCUT2D eigenvalue weighted by molar-refractivity contribution is 5.93. The second-order valence-corrected chi connectivity index (χ2v) is 6.79. The number of benzene rings is 3. The van der Waals surface area contributed by atoms with Gasteiger partial charge < -0.3 is 8.97 Å². The molecule has 130 valence electrons. The van der Waals surface area contributed by atoms with Crippen molar-refractivity contribution in [1.82, 2.24) is 8.97 Å². The van der Waals surface area contributed by atoms with Crippen molar-refractivity contribution in [2.45, 2.75) is 6.54 Å². The minimum atomic E-state index is 0.857. The zero-order chi connectivity index (χ0) is 18.1. The third kappa shape index (κ3) is 2.85. The van der Waals surface area contributed by atoms with Gasteiger partial charge in [0.15, 0.2) is 0 Å². The fourth-order valence-electron chi connectivity index (χ4n) is 3.78. The molecule has 0 fully saturated rings. The van der Waals surface area contributed by atoms with Gasteiger partial charge in [0.1, 0.15) is 5.65 Å². The molecular weight excluding hydrogens is 328 g/mol. The van der Waals surface area contributed by atoms with E-state index in [4.69, 9.17) is 0 Å². The van der Waals surface area contributed by atoms with E-state index in [1.807, 2.05) is 0 Å². The van der Waals surface area contributed by atoms with Crippen LogP contribution in [0.1, 0.15) is 5.56 Å². The van der Waals surface area contributed by atoms with Crippen molar-refractivity contribution in [3.63, 3.8) is 0 Å². The smallest absolute Gasteiger partial charge is 0.125 e. The van der Waals surface area contributed by atoms with E-state index in [0.717, 1.165) is 6.54 Å². The number of hydrogen-bond acceptors (Lipinski definition) is 0. The first-order valence-corrected chi connectivity index (χ1v) is 9.25. The summed E-state index contributed by atoms with van der Waals surface area (Å²) in [7, 11) is 0. The minimum absolute atomic E-state index is 0.857. The van der Waals surface area contributed by atoms with Crippen LogP contribution in [0.3, 0.4) is 0 Å². The molecule has 0 amide bonds. The molecule has 2 aromatic heterocycles. The lowest BCUT2D eigenvalue weighted by molar-refractivity contribution is 0.832. The van der Waals surface area contributed by atoms with Crippen molar-refractivity contribution < 1.29 is 0 Å². The van der Waals surface area contributed by atoms with Gasteiger partial charge in [0.2, 0.25) is 0 Å². The van der Waals surface area contributed by atoms with Gasteiger partial charge >= 0.3 is 0 Å². The Morgan fingerprint density at radius 1 is 0.593 bits per heavy atom. The molecule has 0 unspecified atom stereocenters. The summed E-state index contributed by atoms with van der Waals surface area (Å²) in [6, 6.07) is 31.9. The maximum atomic E-state index is 2.34. The summed E-state index contributed by atoms with van der Waals surface area (Å²) in [5, 5.41) is 0. The van der Waals surface area contributed by atoms with E-state index in [0.29, 0.717) is 0 Å². The molecule has 0 N–H and O–H groups in total. The van der Waals surface area contributed by atoms with Crippen molar-refractivity contribution in [3.8, 4) is 22.3 Å². The van der Waals surface area contributed by atoms with Crippen LogP contribution in [0, 0.1) is 0 Å². The van der Waals surface area contributed by atoms with Gasteiger partial charge in [0, 0.05) is 36.3 Å². The molecule has 0 atom stereocenters. The molecule has 2 heteroatoms. The monoisotopic (exact) mass is 348 g/mol. The molecule has 0 aliphatic heterocycles. The van der Waals surface area contributed by atoms with E-state index < -0.39 is 0 Å². The second kappa shape index (κ2) is 6.65. The number of imidazole rings is 1. The van der Waals surface area contributed by atoms with Crippen molar-refractivity contribution >= 4 is 5.65 Å². The number of aromatic nitrogens is 2. The maximum Gasteiger partial charge on any atom is 0.125 e. The second-order valence-electron chi connectivity index (χ2n) is 6.79. The molecule has 0 saturated carbocycles. The Labute approximate surface area is 159 Å². The molecule has 3 aromatic carbocycles. The van der Waals surface area contributed by atoms with E-state index in [1.54, 1.807) is 0 Å². The van der Waals surface area contributed by atoms with Crippen LogP contribution in [0.4, 0.5) is 0 Å². The predicted octanol–water partition coefficient (Wildman–Crippen LogP) is 6.12. The molecule has 5 rings (SSSR count). The molecular formula is C25H20N2. The van der Waals surface area contributed by atoms with Crippen molar-refractivity contribution in [2.75, 3.05) is 0 Å². The Bertz CT molecular complexity index is 1170. The van der Waals surface area contributed by atoms with Gasteiger partial charge in [-0.25, -0.2) is 0 Å². The quantitative estimate of drug-likeness (QED) is 0.370. The zero-order valence-corrected chi connectivity index (χ0v) is 15.0. The van der Waals surface area contributed by atoms with Crippen LogP contribution in [0.25, 0.3) is 27.9 Å². The van der Waals surface area contributed by atoms with E-state index in [1.165, 1.54) is 33.5 Å². The predicted molar refractivity (Wildman–Crippen MR) is 112 cm³/mol. The highest BCUT2D eigenvalue weighted by atomic mass is 15.1. The Morgan fingerprint density at radius 2 is 1.19 bits per heavy atom. The van der Waals surface area contributed by atoms with E-state index in [2.05, 4.69) is 119 Å². The maximum absolute atomic E-state index is 2.34. The molecule has 5 aromatic rings. The molecule has 0 radical (unpaired) electrons. The van der Waals surface area contributed by atoms with Crippen LogP contribution in [0.5, 0.6) is 0 Å². The Kier molecular flexibility index (Phi) is 3.87. The third-order valence-corrected chi connectivity index (χ3v) is 5.03. The summed E-state index contributed by atoms with van der Waals surface area (Å²) in [5.41, 5.74) is 7.56. The van der Waals surface area contributed by atoms with Crippen molar-refractivity contribution in [2.24, 2.45) is 0 Å². The molecule has 0 saturated heterocycles. The van der Waals surface area contributed by atoms with Gasteiger partial charge in [0.05, 0.1) is 0 Å². The first-order valence-electron chi connectivity index (χ1n) is 9.25. The summed E-state index contributed by atoms with van der Waals surface area (Å²) in [6.45, 7) is 0.857. The first-order chi connectivity index (χ1) is 13.4. The lowest BCUT2D eigenvalue weighted by Gasteiger charge is -2.09. The fourth-order valence-corrected chi connectivity index (χ4v) is 3.78. The zero-order valence-electron chi connectivity index (χ0n) is 15.0. The highest BCUT2D eigenvalue weighted by Crippen LogP contribution is 2.37. The van der Waals surface area contributed by atoms with E-state index in [-0.39, 0.29) is 0 Å². The molecule has 0 aliphatic carbocycles. The standard InChI is InChI=1S/C25H20N2/c1-4-10-20(11-5-1)18-26-16-17-27-19-23(21-12-6-2-7-13-21)24(25(26)27)22-14-8-3-9-15-22/h1-17,19H,18H2. The number of nitrogens with zero attached hydrogens (tertiary/aromatic N) is 2. The van der Waals surface area contributed by atoms with Gasteiger partial charge in [-0.15, -0.1) is 0 Å². The summed E-state index contributed by atoms with van der Waals surface area (Å²) in [6.07, 6.45) is 6.56. The van der Waals surface area contributed by atoms with Crippen LogP contribution >= 0.6 is 0 Å². The molecule has 0 bridgehead atoms. The van der Waals surface area contributed by atoms with Crippen LogP contribution in [0.2, 0.25) is 0 Å². The van der Waals surface area contributed by atoms with Gasteiger partial charge in [-0.3, -0.25) is 0 Å². The topological polar surface area (TPSA) is 9.34 Å². The van der Waals surface area contributed by atoms with E-state index >= 15 is 0 Å². The van der Waals surface area contributed by atoms with Gasteiger partial charge in [-0.2, -0.15) is 0 Å². The summed E-state index contributed by atoms with van der Waals surface area (Å²) in [4.78, 5) is 0. The fraction of sp³-hybridized carbons (Fsp3) is 0.0400. The molecule has 2 nitrogen and oxygen atoms in total. The summed E-state index contributed by atoms with van der Waals surface area (Å²) >= 11 is 0. The highest BCUT2D eigenvalue weighted by Gasteiger charge is 2.17. The molecule has 0 aliphatic rings. The van der Waals surface area contributed by atoms with Gasteiger partial charge in [-0.1, -0.05) is 91.0 Å². The number of rotatable bonds is 4. The molecule has 0 spiro atoms. The SMILES string of the molecule is c1ccc(Cn2ccn3cc(-c4ccccc4)c(-c4ccccc4)c23)cc1. The lowest BCUT2D eigenvalue weighted by Crippen LogP contribution is -1.99. The Balaban J connectivity index is 1.74. The summed E-state index contributed by atoms with van der Waals surface area (Å²) in [5.74, 6) is 0. The largest absolute Gasteiger partial charge is 0.328 e. The normalized spacial score (nSPS) is 11.1. The third-order valence-electron chi connectivity index (χ3n) is 5.03. The van der Waals surface area contributed by atoms with Gasteiger partial charge in [-0.05, 0) is 16.7 Å². The van der Waals surface area contributed by atoms with E-state index in [9.17, 15) is 0 Å². The van der Waals surface area contributed by atoms with Crippen LogP contribution in [-0.4, -0.2) is 8.97 Å². The Morgan fingerprint density at radius 3 is 1.85 bits per heavy atom. The van der Waals surface area contributed by atoms with Gasteiger partial charge in [0.25, 0.3) is 0 Å². The first kappa shape index (κ1) is 15.7. The Hall–Kier alpha value is -3.52. The van der Waals surface area contributed by atoms with Crippen LogP contribution in [-0.2, 0) is 6.54 Å². The average Bonchev–Trinajstić information content (AvgIpc) is 3.30. The number of fused-ring (bicyclic) bond motifs is 1. The lowest BCUT2D eigenvalue weighted by atomic mass is 9.98. The molecule has 27 heavy (non-hydrogen) atoms. The average molecular weight is 348 g/mol. The minimum Gasteiger partial charge on any atom is -0.328 e. The molecule has 2 heterocycles. The van der Waals surface area contributed by atoms with Crippen molar-refractivity contribution in [1.29, 1.82) is 0 Å². The summed E-state index contributed by atoms with van der Waals surface area (Å²) < 4.78 is 4.58.